The molecule has 14 nitrogen and oxygen atoms in total. The molecule has 19 rings (SSSR count). The molecule has 0 radical (unpaired) electrons. The molecule has 0 aliphatic carbocycles. The number of para-hydroxylation sites is 2. The number of nitriles is 2. The molecule has 0 amide bonds. The fourth-order valence-electron chi connectivity index (χ4n) is 14.6. The molecule has 5 heterocycles. The maximum absolute atomic E-state index is 10.3. The van der Waals surface area contributed by atoms with Crippen LogP contribution in [-0.4, -0.2) is 54.0 Å². The minimum Gasteiger partial charge on any atom is -0.308 e. The summed E-state index contributed by atoms with van der Waals surface area (Å²) in [6, 6.07) is 118. The van der Waals surface area contributed by atoms with Gasteiger partial charge in [-0.1, -0.05) is 237 Å². The number of hydrogen-bond acceptors (Lipinski definition) is 11. The van der Waals surface area contributed by atoms with E-state index >= 15 is 0 Å². The summed E-state index contributed by atoms with van der Waals surface area (Å²) in [5.74, 6) is 4.47. The van der Waals surface area contributed by atoms with Gasteiger partial charge in [0.2, 0.25) is 0 Å². The van der Waals surface area contributed by atoms with Crippen molar-refractivity contribution in [1.82, 2.24) is 54.0 Å². The van der Waals surface area contributed by atoms with Gasteiger partial charge >= 0.3 is 0 Å². The van der Waals surface area contributed by atoms with E-state index in [1.807, 2.05) is 206 Å². The van der Waals surface area contributed by atoms with Crippen molar-refractivity contribution >= 4 is 49.3 Å². The zero-order chi connectivity index (χ0) is 73.6. The largest absolute Gasteiger partial charge is 0.308 e. The number of fused-ring (bicyclic) bond motifs is 6. The fourth-order valence-corrected chi connectivity index (χ4v) is 14.6. The lowest BCUT2D eigenvalue weighted by Gasteiger charge is -2.18. The third-order valence-corrected chi connectivity index (χ3v) is 20.0. The van der Waals surface area contributed by atoms with E-state index in [0.29, 0.717) is 80.4 Å². The summed E-state index contributed by atoms with van der Waals surface area (Å²) < 4.78 is 4.57. The molecule has 0 saturated heterocycles. The lowest BCUT2D eigenvalue weighted by Crippen LogP contribution is -2.06. The molecule has 0 N–H and O–H groups in total. The Hall–Kier alpha value is -15.8. The molecule has 0 aliphatic heterocycles. The Labute approximate surface area is 631 Å². The number of benzene rings is 14. The van der Waals surface area contributed by atoms with Crippen molar-refractivity contribution in [3.63, 3.8) is 0 Å². The van der Waals surface area contributed by atoms with Crippen LogP contribution in [0.25, 0.3) is 196 Å². The summed E-state index contributed by atoms with van der Waals surface area (Å²) in [5, 5.41) is 24.2. The van der Waals surface area contributed by atoms with Crippen LogP contribution in [0.15, 0.2) is 340 Å². The van der Waals surface area contributed by atoms with Gasteiger partial charge in [-0.2, -0.15) is 10.5 Å². The van der Waals surface area contributed by atoms with E-state index in [-0.39, 0.29) is 0 Å². The second-order valence-electron chi connectivity index (χ2n) is 26.6. The SMILES string of the molecule is [C-]#[N+]c1ccc(-c2cccc(-c3nc(-c4ccc(-c5ccc(C#N)cc5)cc4-n4c5ccccc5c5cc(-c6nc(-c7ccccc7)nc(-c7ccccc7)n6)ccc54)nc(-c4ccc(-c5cccc(C#N)c5)cc4-n4c5ccccc5c5cc(-c6nc(-c7ccccc7)nc(-c7ccccc7)n6)ccc54)n3)c2)cc1. The standard InChI is InChI=1S/C96H56N14/c1-99-75-46-40-63(41-47-75)69-30-19-31-72(53-69)92-106-95(78-48-42-70(62-38-36-60(58-97)37-39-62)56-86(78)109-82-34-16-14-32-76(82)80-54-73(44-50-84(80)109)93-102-88(64-21-6-2-7-22-64)100-89(103-93)65-23-8-3-9-24-65)108-96(107-92)79-49-43-71(68-29-18-20-61(52-68)59-98)57-87(79)110-83-35-17-15-33-77(83)81-55-74(45-51-85(81)110)94-104-90(66-25-10-4-11-26-66)101-91(105-94)67-27-12-5-13-28-67/h2-57H. The second kappa shape index (κ2) is 27.7. The van der Waals surface area contributed by atoms with Gasteiger partial charge in [-0.05, 0) is 137 Å². The third-order valence-electron chi connectivity index (χ3n) is 20.0. The van der Waals surface area contributed by atoms with Gasteiger partial charge in [0.05, 0.1) is 63.3 Å². The van der Waals surface area contributed by atoms with Crippen LogP contribution in [0.2, 0.25) is 0 Å². The van der Waals surface area contributed by atoms with Crippen molar-refractivity contribution in [2.45, 2.75) is 0 Å². The van der Waals surface area contributed by atoms with Crippen molar-refractivity contribution in [3.05, 3.63) is 362 Å². The molecule has 0 spiro atoms. The average molecular weight is 1410 g/mol. The molecule has 19 aromatic rings. The maximum atomic E-state index is 10.3. The van der Waals surface area contributed by atoms with Gasteiger partial charge in [-0.25, -0.2) is 49.7 Å². The lowest BCUT2D eigenvalue weighted by atomic mass is 9.99. The summed E-state index contributed by atoms with van der Waals surface area (Å²) >= 11 is 0. The fraction of sp³-hybridized carbons (Fsp3) is 0. The summed E-state index contributed by atoms with van der Waals surface area (Å²) in [6.45, 7) is 7.74. The highest BCUT2D eigenvalue weighted by atomic mass is 15.1. The molecular weight excluding hydrogens is 1350 g/mol. The highest BCUT2D eigenvalue weighted by Crippen LogP contribution is 2.44. The molecule has 510 valence electrons. The maximum Gasteiger partial charge on any atom is 0.187 e. The van der Waals surface area contributed by atoms with E-state index in [9.17, 15) is 10.5 Å². The van der Waals surface area contributed by atoms with Crippen LogP contribution in [0, 0.1) is 29.2 Å². The van der Waals surface area contributed by atoms with Gasteiger partial charge < -0.3 is 9.13 Å². The highest BCUT2D eigenvalue weighted by Gasteiger charge is 2.26. The quantitative estimate of drug-likeness (QED) is 0.0946. The van der Waals surface area contributed by atoms with Gasteiger partial charge in [-0.3, -0.25) is 0 Å². The van der Waals surface area contributed by atoms with Crippen molar-refractivity contribution in [1.29, 1.82) is 10.5 Å². The molecule has 0 bridgehead atoms. The zero-order valence-corrected chi connectivity index (χ0v) is 58.6. The first-order valence-corrected chi connectivity index (χ1v) is 35.8. The summed E-state index contributed by atoms with van der Waals surface area (Å²) in [7, 11) is 0. The van der Waals surface area contributed by atoms with Crippen molar-refractivity contribution in [3.8, 4) is 159 Å². The molecule has 0 saturated carbocycles. The topological polar surface area (TPSA) is 178 Å². The third kappa shape index (κ3) is 12.1. The first kappa shape index (κ1) is 65.0. The van der Waals surface area contributed by atoms with Crippen LogP contribution in [0.4, 0.5) is 5.69 Å². The smallest absolute Gasteiger partial charge is 0.187 e. The van der Waals surface area contributed by atoms with Crippen LogP contribution in [0.5, 0.6) is 0 Å². The Morgan fingerprint density at radius 1 is 0.227 bits per heavy atom. The van der Waals surface area contributed by atoms with Crippen LogP contribution in [0.1, 0.15) is 11.1 Å². The molecule has 5 aromatic heterocycles. The molecule has 0 aliphatic rings. The van der Waals surface area contributed by atoms with Crippen LogP contribution >= 0.6 is 0 Å². The minimum absolute atomic E-state index is 0.384. The summed E-state index contributed by atoms with van der Waals surface area (Å²) in [5.41, 5.74) is 19.3. The average Bonchev–Trinajstić information content (AvgIpc) is 1.56. The number of aromatic nitrogens is 11. The van der Waals surface area contributed by atoms with Crippen molar-refractivity contribution < 1.29 is 0 Å². The van der Waals surface area contributed by atoms with Gasteiger partial charge in [0.25, 0.3) is 0 Å². The number of hydrogen-bond donors (Lipinski definition) is 0. The van der Waals surface area contributed by atoms with Crippen molar-refractivity contribution in [2.24, 2.45) is 0 Å². The first-order chi connectivity index (χ1) is 54.3. The molecule has 14 heteroatoms. The molecule has 110 heavy (non-hydrogen) atoms. The van der Waals surface area contributed by atoms with E-state index in [1.165, 1.54) is 0 Å². The Bertz CT molecular complexity index is 6860. The molecular formula is C96H56N14. The first-order valence-electron chi connectivity index (χ1n) is 35.8. The Morgan fingerprint density at radius 3 is 0.973 bits per heavy atom. The Kier molecular flexibility index (Phi) is 16.3. The summed E-state index contributed by atoms with van der Waals surface area (Å²) in [6.07, 6.45) is 0. The summed E-state index contributed by atoms with van der Waals surface area (Å²) in [4.78, 5) is 51.4. The molecule has 0 unspecified atom stereocenters. The normalized spacial score (nSPS) is 11.2. The number of nitrogens with zero attached hydrogens (tertiary/aromatic N) is 14. The molecule has 14 aromatic carbocycles. The molecule has 0 fully saturated rings. The van der Waals surface area contributed by atoms with Gasteiger partial charge in [0.1, 0.15) is 0 Å². The van der Waals surface area contributed by atoms with Crippen LogP contribution in [0.3, 0.4) is 0 Å². The Morgan fingerprint density at radius 2 is 0.536 bits per heavy atom. The Balaban J connectivity index is 0.850. The van der Waals surface area contributed by atoms with Crippen LogP contribution < -0.4 is 0 Å². The van der Waals surface area contributed by atoms with Gasteiger partial charge in [0.15, 0.2) is 58.1 Å². The van der Waals surface area contributed by atoms with Crippen molar-refractivity contribution in [2.75, 3.05) is 0 Å². The van der Waals surface area contributed by atoms with E-state index < -0.39 is 0 Å². The highest BCUT2D eigenvalue weighted by molar-refractivity contribution is 6.12. The van der Waals surface area contributed by atoms with E-state index in [2.05, 4.69) is 160 Å². The van der Waals surface area contributed by atoms with Crippen LogP contribution in [-0.2, 0) is 0 Å². The van der Waals surface area contributed by atoms with E-state index in [1.54, 1.807) is 0 Å². The predicted molar refractivity (Wildman–Crippen MR) is 436 cm³/mol. The zero-order valence-electron chi connectivity index (χ0n) is 58.6. The van der Waals surface area contributed by atoms with E-state index in [4.69, 9.17) is 51.4 Å². The van der Waals surface area contributed by atoms with E-state index in [0.717, 1.165) is 127 Å². The predicted octanol–water partition coefficient (Wildman–Crippen LogP) is 22.7. The minimum atomic E-state index is 0.384. The monoisotopic (exact) mass is 1400 g/mol. The second-order valence-corrected chi connectivity index (χ2v) is 26.6. The lowest BCUT2D eigenvalue weighted by molar-refractivity contribution is 1.06. The van der Waals surface area contributed by atoms with Gasteiger partial charge in [-0.15, -0.1) is 0 Å². The molecule has 0 atom stereocenters. The number of rotatable bonds is 14. The van der Waals surface area contributed by atoms with Gasteiger partial charge in [0, 0.05) is 71.6 Å².